The molecule has 0 spiro atoms. The van der Waals surface area contributed by atoms with Gasteiger partial charge in [0.15, 0.2) is 0 Å². The van der Waals surface area contributed by atoms with Gasteiger partial charge in [0.05, 0.1) is 0 Å². The van der Waals surface area contributed by atoms with Gasteiger partial charge in [0, 0.05) is 31.6 Å². The van der Waals surface area contributed by atoms with Crippen molar-refractivity contribution >= 4 is 5.91 Å². The van der Waals surface area contributed by atoms with Gasteiger partial charge in [-0.25, -0.2) is 4.39 Å². The Morgan fingerprint density at radius 2 is 1.96 bits per heavy atom. The number of carbonyl (C=O) groups is 1. The zero-order valence-corrected chi connectivity index (χ0v) is 13.3. The molecule has 0 unspecified atom stereocenters. The first-order valence-corrected chi connectivity index (χ1v) is 8.09. The van der Waals surface area contributed by atoms with E-state index < -0.39 is 0 Å². The van der Waals surface area contributed by atoms with Crippen molar-refractivity contribution in [2.45, 2.75) is 32.7 Å². The summed E-state index contributed by atoms with van der Waals surface area (Å²) in [5.41, 5.74) is 0.551. The lowest BCUT2D eigenvalue weighted by Gasteiger charge is -2.32. The van der Waals surface area contributed by atoms with Gasteiger partial charge in [-0.05, 0) is 49.9 Å². The fourth-order valence-electron chi connectivity index (χ4n) is 3.07. The normalized spacial score (nSPS) is 15.8. The number of likely N-dealkylation sites (tertiary alicyclic amines) is 1. The van der Waals surface area contributed by atoms with Gasteiger partial charge >= 0.3 is 0 Å². The number of hydrogen-bond donors (Lipinski definition) is 0. The Kier molecular flexibility index (Phi) is 4.69. The van der Waals surface area contributed by atoms with Crippen molar-refractivity contribution in [1.82, 2.24) is 19.7 Å². The molecule has 0 saturated carbocycles. The minimum Gasteiger partial charge on any atom is -0.339 e. The van der Waals surface area contributed by atoms with Crippen LogP contribution in [0.1, 0.15) is 35.9 Å². The summed E-state index contributed by atoms with van der Waals surface area (Å²) in [5.74, 6) is 1.22. The van der Waals surface area contributed by atoms with Crippen LogP contribution >= 0.6 is 0 Å². The molecule has 2 aromatic rings. The van der Waals surface area contributed by atoms with E-state index in [2.05, 4.69) is 21.7 Å². The summed E-state index contributed by atoms with van der Waals surface area (Å²) in [6.07, 6.45) is 4.60. The average molecular weight is 316 g/mol. The minimum absolute atomic E-state index is 0.0137. The molecule has 1 saturated heterocycles. The molecule has 1 fully saturated rings. The van der Waals surface area contributed by atoms with E-state index in [-0.39, 0.29) is 11.7 Å². The van der Waals surface area contributed by atoms with Crippen LogP contribution in [0.2, 0.25) is 0 Å². The highest BCUT2D eigenvalue weighted by atomic mass is 19.1. The maximum atomic E-state index is 12.9. The molecule has 0 N–H and O–H groups in total. The van der Waals surface area contributed by atoms with E-state index in [1.807, 2.05) is 4.90 Å². The molecule has 6 heteroatoms. The van der Waals surface area contributed by atoms with Crippen LogP contribution in [-0.2, 0) is 13.0 Å². The molecular formula is C17H21FN4O. The SMILES string of the molecule is CCn1cnnc1CC1CCN(C(=O)c2ccc(F)cc2)CC1. The smallest absolute Gasteiger partial charge is 0.253 e. The van der Waals surface area contributed by atoms with Crippen LogP contribution in [0.15, 0.2) is 30.6 Å². The number of hydrogen-bond acceptors (Lipinski definition) is 3. The Morgan fingerprint density at radius 1 is 1.26 bits per heavy atom. The van der Waals surface area contributed by atoms with Crippen LogP contribution in [0.5, 0.6) is 0 Å². The second-order valence-corrected chi connectivity index (χ2v) is 5.98. The summed E-state index contributed by atoms with van der Waals surface area (Å²) in [7, 11) is 0. The van der Waals surface area contributed by atoms with Crippen LogP contribution in [0.4, 0.5) is 4.39 Å². The molecule has 3 rings (SSSR count). The van der Waals surface area contributed by atoms with E-state index in [0.29, 0.717) is 11.5 Å². The van der Waals surface area contributed by atoms with Crippen molar-refractivity contribution < 1.29 is 9.18 Å². The number of piperidine rings is 1. The number of aryl methyl sites for hydroxylation is 1. The molecule has 1 aliphatic heterocycles. The number of carbonyl (C=O) groups excluding carboxylic acids is 1. The number of nitrogens with zero attached hydrogens (tertiary/aromatic N) is 4. The molecule has 0 radical (unpaired) electrons. The van der Waals surface area contributed by atoms with Crippen LogP contribution in [-0.4, -0.2) is 38.7 Å². The van der Waals surface area contributed by atoms with Crippen molar-refractivity contribution in [2.75, 3.05) is 13.1 Å². The number of benzene rings is 1. The highest BCUT2D eigenvalue weighted by molar-refractivity contribution is 5.94. The van der Waals surface area contributed by atoms with Gasteiger partial charge < -0.3 is 9.47 Å². The van der Waals surface area contributed by atoms with Crippen LogP contribution in [0, 0.1) is 11.7 Å². The Balaban J connectivity index is 1.56. The standard InChI is InChI=1S/C17H21FN4O/c1-2-21-12-19-20-16(21)11-13-7-9-22(10-8-13)17(23)14-3-5-15(18)6-4-14/h3-6,12-13H,2,7-11H2,1H3. The monoisotopic (exact) mass is 316 g/mol. The van der Waals surface area contributed by atoms with E-state index in [1.165, 1.54) is 12.1 Å². The second kappa shape index (κ2) is 6.89. The number of aromatic nitrogens is 3. The van der Waals surface area contributed by atoms with Gasteiger partial charge in [0.2, 0.25) is 0 Å². The second-order valence-electron chi connectivity index (χ2n) is 5.98. The highest BCUT2D eigenvalue weighted by Crippen LogP contribution is 2.22. The molecule has 2 heterocycles. The highest BCUT2D eigenvalue weighted by Gasteiger charge is 2.24. The minimum atomic E-state index is -0.319. The summed E-state index contributed by atoms with van der Waals surface area (Å²) in [6, 6.07) is 5.76. The molecule has 1 aliphatic rings. The fourth-order valence-corrected chi connectivity index (χ4v) is 3.07. The maximum Gasteiger partial charge on any atom is 0.253 e. The lowest BCUT2D eigenvalue weighted by atomic mass is 9.93. The molecule has 0 atom stereocenters. The zero-order chi connectivity index (χ0) is 16.2. The van der Waals surface area contributed by atoms with Crippen LogP contribution in [0.25, 0.3) is 0 Å². The van der Waals surface area contributed by atoms with Gasteiger partial charge in [0.1, 0.15) is 18.0 Å². The number of rotatable bonds is 4. The summed E-state index contributed by atoms with van der Waals surface area (Å²) in [4.78, 5) is 14.3. The Hall–Kier alpha value is -2.24. The quantitative estimate of drug-likeness (QED) is 0.871. The maximum absolute atomic E-state index is 12.9. The molecule has 1 aromatic carbocycles. The Labute approximate surface area is 135 Å². The predicted octanol–water partition coefficient (Wildman–Crippen LogP) is 2.53. The predicted molar refractivity (Wildman–Crippen MR) is 84.4 cm³/mol. The van der Waals surface area contributed by atoms with Crippen molar-refractivity contribution in [3.05, 3.63) is 47.8 Å². The zero-order valence-electron chi connectivity index (χ0n) is 13.3. The summed E-state index contributed by atoms with van der Waals surface area (Å²) < 4.78 is 15.0. The molecule has 122 valence electrons. The lowest BCUT2D eigenvalue weighted by molar-refractivity contribution is 0.0689. The summed E-state index contributed by atoms with van der Waals surface area (Å²) in [5, 5.41) is 8.15. The molecule has 23 heavy (non-hydrogen) atoms. The van der Waals surface area contributed by atoms with Crippen molar-refractivity contribution in [1.29, 1.82) is 0 Å². The molecule has 1 aromatic heterocycles. The number of amides is 1. The van der Waals surface area contributed by atoms with Crippen molar-refractivity contribution in [3.8, 4) is 0 Å². The lowest BCUT2D eigenvalue weighted by Crippen LogP contribution is -2.39. The van der Waals surface area contributed by atoms with Crippen LogP contribution < -0.4 is 0 Å². The van der Waals surface area contributed by atoms with Gasteiger partial charge in [-0.3, -0.25) is 4.79 Å². The molecule has 0 aliphatic carbocycles. The van der Waals surface area contributed by atoms with Crippen molar-refractivity contribution in [2.24, 2.45) is 5.92 Å². The summed E-state index contributed by atoms with van der Waals surface area (Å²) in [6.45, 7) is 4.43. The third-order valence-corrected chi connectivity index (χ3v) is 4.50. The number of halogens is 1. The third kappa shape index (κ3) is 3.57. The topological polar surface area (TPSA) is 51.0 Å². The molecule has 5 nitrogen and oxygen atoms in total. The van der Waals surface area contributed by atoms with Crippen LogP contribution in [0.3, 0.4) is 0 Å². The first kappa shape index (κ1) is 15.6. The van der Waals surface area contributed by atoms with E-state index in [4.69, 9.17) is 0 Å². The average Bonchev–Trinajstić information content (AvgIpc) is 3.03. The van der Waals surface area contributed by atoms with E-state index in [1.54, 1.807) is 18.5 Å². The summed E-state index contributed by atoms with van der Waals surface area (Å²) >= 11 is 0. The Morgan fingerprint density at radius 3 is 2.61 bits per heavy atom. The largest absolute Gasteiger partial charge is 0.339 e. The Bertz CT molecular complexity index is 659. The van der Waals surface area contributed by atoms with Gasteiger partial charge in [-0.15, -0.1) is 10.2 Å². The van der Waals surface area contributed by atoms with Gasteiger partial charge in [0.25, 0.3) is 5.91 Å². The third-order valence-electron chi connectivity index (χ3n) is 4.50. The fraction of sp³-hybridized carbons (Fsp3) is 0.471. The molecular weight excluding hydrogens is 295 g/mol. The molecule has 0 bridgehead atoms. The first-order chi connectivity index (χ1) is 11.2. The van der Waals surface area contributed by atoms with E-state index in [0.717, 1.165) is 44.7 Å². The molecule has 1 amide bonds. The first-order valence-electron chi connectivity index (χ1n) is 8.09. The van der Waals surface area contributed by atoms with Crippen molar-refractivity contribution in [3.63, 3.8) is 0 Å². The van der Waals surface area contributed by atoms with E-state index >= 15 is 0 Å². The van der Waals surface area contributed by atoms with E-state index in [9.17, 15) is 9.18 Å². The van der Waals surface area contributed by atoms with Gasteiger partial charge in [-0.2, -0.15) is 0 Å². The van der Waals surface area contributed by atoms with Gasteiger partial charge in [-0.1, -0.05) is 0 Å².